The third-order valence-corrected chi connectivity index (χ3v) is 3.60. The Kier molecular flexibility index (Phi) is 3.63. The molecule has 0 aliphatic rings. The van der Waals surface area contributed by atoms with Gasteiger partial charge in [0, 0.05) is 4.47 Å². The lowest BCUT2D eigenvalue weighted by atomic mass is 10.2. The number of nitrogens with zero attached hydrogens (tertiary/aromatic N) is 1. The van der Waals surface area contributed by atoms with Gasteiger partial charge in [0.05, 0.1) is 11.4 Å². The molecule has 94 valence electrons. The molecule has 0 bridgehead atoms. The summed E-state index contributed by atoms with van der Waals surface area (Å²) in [5.41, 5.74) is 0.681. The van der Waals surface area contributed by atoms with E-state index in [0.29, 0.717) is 15.2 Å². The van der Waals surface area contributed by atoms with Gasteiger partial charge < -0.3 is 10.4 Å². The summed E-state index contributed by atoms with van der Waals surface area (Å²) < 4.78 is 18.2. The van der Waals surface area contributed by atoms with E-state index >= 15 is 0 Å². The first kappa shape index (κ1) is 13.0. The maximum Gasteiger partial charge on any atom is 0.340 e. The fraction of sp³-hybridized carbons (Fsp3) is 0.0909. The van der Waals surface area contributed by atoms with Crippen molar-refractivity contribution in [3.63, 3.8) is 0 Å². The molecular formula is C11H8BrFN2O2S. The molecule has 1 aromatic heterocycles. The van der Waals surface area contributed by atoms with Gasteiger partial charge in [-0.2, -0.15) is 4.37 Å². The molecule has 2 aromatic rings. The number of benzene rings is 1. The number of nitrogens with one attached hydrogen (secondary N) is 1. The molecule has 0 saturated heterocycles. The van der Waals surface area contributed by atoms with Crippen molar-refractivity contribution >= 4 is 44.1 Å². The highest BCUT2D eigenvalue weighted by Gasteiger charge is 2.18. The minimum atomic E-state index is -1.08. The maximum absolute atomic E-state index is 13.5. The molecule has 2 rings (SSSR count). The SMILES string of the molecule is Cc1nsc(Nc2cc(Br)ccc2F)c1C(=O)O. The number of hydrogen-bond donors (Lipinski definition) is 2. The number of halogens is 2. The number of carboxylic acids is 1. The van der Waals surface area contributed by atoms with E-state index in [1.807, 2.05) is 0 Å². The number of rotatable bonds is 3. The summed E-state index contributed by atoms with van der Waals surface area (Å²) in [6.45, 7) is 1.60. The summed E-state index contributed by atoms with van der Waals surface area (Å²) in [5, 5.41) is 12.1. The van der Waals surface area contributed by atoms with Gasteiger partial charge >= 0.3 is 5.97 Å². The van der Waals surface area contributed by atoms with Crippen LogP contribution in [0.1, 0.15) is 16.1 Å². The summed E-state index contributed by atoms with van der Waals surface area (Å²) in [6.07, 6.45) is 0. The van der Waals surface area contributed by atoms with Gasteiger partial charge in [-0.05, 0) is 36.7 Å². The summed E-state index contributed by atoms with van der Waals surface area (Å²) >= 11 is 4.22. The van der Waals surface area contributed by atoms with Crippen LogP contribution in [0.15, 0.2) is 22.7 Å². The van der Waals surface area contributed by atoms with Gasteiger partial charge in [0.2, 0.25) is 0 Å². The second kappa shape index (κ2) is 5.03. The summed E-state index contributed by atoms with van der Waals surface area (Å²) in [4.78, 5) is 11.1. The van der Waals surface area contributed by atoms with E-state index < -0.39 is 11.8 Å². The van der Waals surface area contributed by atoms with Crippen molar-refractivity contribution in [1.82, 2.24) is 4.37 Å². The third kappa shape index (κ3) is 2.51. The molecule has 18 heavy (non-hydrogen) atoms. The Morgan fingerprint density at radius 2 is 2.28 bits per heavy atom. The van der Waals surface area contributed by atoms with E-state index in [9.17, 15) is 9.18 Å². The zero-order valence-electron chi connectivity index (χ0n) is 9.20. The topological polar surface area (TPSA) is 62.2 Å². The van der Waals surface area contributed by atoms with Crippen LogP contribution < -0.4 is 5.32 Å². The van der Waals surface area contributed by atoms with Crippen molar-refractivity contribution in [2.75, 3.05) is 5.32 Å². The van der Waals surface area contributed by atoms with E-state index in [1.165, 1.54) is 12.1 Å². The Balaban J connectivity index is 2.40. The van der Waals surface area contributed by atoms with Crippen molar-refractivity contribution < 1.29 is 14.3 Å². The number of aromatic carboxylic acids is 1. The van der Waals surface area contributed by atoms with Crippen LogP contribution in [0.3, 0.4) is 0 Å². The number of aromatic nitrogens is 1. The summed E-state index contributed by atoms with van der Waals surface area (Å²) in [7, 11) is 0. The molecule has 0 atom stereocenters. The van der Waals surface area contributed by atoms with Crippen molar-refractivity contribution in [3.05, 3.63) is 39.7 Å². The Labute approximate surface area is 115 Å². The highest BCUT2D eigenvalue weighted by atomic mass is 79.9. The fourth-order valence-electron chi connectivity index (χ4n) is 1.42. The van der Waals surface area contributed by atoms with Crippen molar-refractivity contribution in [1.29, 1.82) is 0 Å². The van der Waals surface area contributed by atoms with Crippen LogP contribution in [-0.4, -0.2) is 15.4 Å². The summed E-state index contributed by atoms with van der Waals surface area (Å²) in [5.74, 6) is -1.54. The number of aryl methyl sites for hydroxylation is 1. The van der Waals surface area contributed by atoms with E-state index in [2.05, 4.69) is 25.6 Å². The molecule has 0 amide bonds. The molecule has 0 aliphatic carbocycles. The quantitative estimate of drug-likeness (QED) is 0.898. The molecule has 0 unspecified atom stereocenters. The predicted octanol–water partition coefficient (Wildman–Crippen LogP) is 3.79. The van der Waals surface area contributed by atoms with E-state index in [1.54, 1.807) is 13.0 Å². The van der Waals surface area contributed by atoms with Gasteiger partial charge in [-0.15, -0.1) is 0 Å². The molecule has 0 spiro atoms. The number of carboxylic acid groups (broad SMARTS) is 1. The second-order valence-corrected chi connectivity index (χ2v) is 5.22. The predicted molar refractivity (Wildman–Crippen MR) is 71.2 cm³/mol. The molecule has 1 heterocycles. The molecule has 2 N–H and O–H groups in total. The average Bonchev–Trinajstić information content (AvgIpc) is 2.65. The monoisotopic (exact) mass is 330 g/mol. The van der Waals surface area contributed by atoms with Crippen molar-refractivity contribution in [3.8, 4) is 0 Å². The third-order valence-electron chi connectivity index (χ3n) is 2.25. The normalized spacial score (nSPS) is 10.4. The first-order chi connectivity index (χ1) is 8.49. The Morgan fingerprint density at radius 3 is 2.94 bits per heavy atom. The summed E-state index contributed by atoms with van der Waals surface area (Å²) in [6, 6.07) is 4.40. The van der Waals surface area contributed by atoms with Crippen LogP contribution in [0.2, 0.25) is 0 Å². The number of anilines is 2. The van der Waals surface area contributed by atoms with Crippen LogP contribution >= 0.6 is 27.5 Å². The van der Waals surface area contributed by atoms with Crippen LogP contribution in [0.5, 0.6) is 0 Å². The lowest BCUT2D eigenvalue weighted by molar-refractivity contribution is 0.0697. The lowest BCUT2D eigenvalue weighted by Gasteiger charge is -2.06. The molecule has 0 fully saturated rings. The fourth-order valence-corrected chi connectivity index (χ4v) is 2.58. The smallest absolute Gasteiger partial charge is 0.340 e. The molecule has 0 radical (unpaired) electrons. The standard InChI is InChI=1S/C11H8BrFN2O2S/c1-5-9(11(16)17)10(18-15-5)14-8-4-6(12)2-3-7(8)13/h2-4,14H,1H3,(H,16,17). The molecule has 0 saturated carbocycles. The van der Waals surface area contributed by atoms with E-state index in [4.69, 9.17) is 5.11 Å². The van der Waals surface area contributed by atoms with Crippen LogP contribution in [0.25, 0.3) is 0 Å². The average molecular weight is 331 g/mol. The first-order valence-corrected chi connectivity index (χ1v) is 6.47. The van der Waals surface area contributed by atoms with Gasteiger partial charge in [-0.25, -0.2) is 9.18 Å². The maximum atomic E-state index is 13.5. The van der Waals surface area contributed by atoms with E-state index in [-0.39, 0.29) is 11.3 Å². The highest BCUT2D eigenvalue weighted by Crippen LogP contribution is 2.30. The second-order valence-electron chi connectivity index (χ2n) is 3.53. The molecule has 4 nitrogen and oxygen atoms in total. The van der Waals surface area contributed by atoms with Crippen molar-refractivity contribution in [2.24, 2.45) is 0 Å². The van der Waals surface area contributed by atoms with Crippen LogP contribution in [0.4, 0.5) is 15.1 Å². The van der Waals surface area contributed by atoms with Gasteiger partial charge in [0.15, 0.2) is 0 Å². The number of hydrogen-bond acceptors (Lipinski definition) is 4. The zero-order valence-corrected chi connectivity index (χ0v) is 11.6. The Hall–Kier alpha value is -1.47. The number of carbonyl (C=O) groups is 1. The highest BCUT2D eigenvalue weighted by molar-refractivity contribution is 9.10. The minimum absolute atomic E-state index is 0.0689. The van der Waals surface area contributed by atoms with Gasteiger partial charge in [0.25, 0.3) is 0 Å². The largest absolute Gasteiger partial charge is 0.478 e. The van der Waals surface area contributed by atoms with Crippen LogP contribution in [0, 0.1) is 12.7 Å². The molecule has 7 heteroatoms. The Bertz CT molecular complexity index is 615. The minimum Gasteiger partial charge on any atom is -0.478 e. The first-order valence-electron chi connectivity index (χ1n) is 4.90. The van der Waals surface area contributed by atoms with Gasteiger partial charge in [0.1, 0.15) is 16.4 Å². The van der Waals surface area contributed by atoms with Gasteiger partial charge in [-0.3, -0.25) is 0 Å². The molecule has 1 aromatic carbocycles. The van der Waals surface area contributed by atoms with E-state index in [0.717, 1.165) is 11.5 Å². The van der Waals surface area contributed by atoms with Crippen LogP contribution in [-0.2, 0) is 0 Å². The Morgan fingerprint density at radius 1 is 1.56 bits per heavy atom. The molecular weight excluding hydrogens is 323 g/mol. The lowest BCUT2D eigenvalue weighted by Crippen LogP contribution is -2.02. The van der Waals surface area contributed by atoms with Gasteiger partial charge in [-0.1, -0.05) is 15.9 Å². The van der Waals surface area contributed by atoms with Crippen molar-refractivity contribution in [2.45, 2.75) is 6.92 Å². The zero-order chi connectivity index (χ0) is 13.3. The molecule has 0 aliphatic heterocycles.